The van der Waals surface area contributed by atoms with Crippen LogP contribution in [0.2, 0.25) is 0 Å². The summed E-state index contributed by atoms with van der Waals surface area (Å²) in [7, 11) is 3.71. The van der Waals surface area contributed by atoms with Crippen molar-refractivity contribution in [1.29, 1.82) is 0 Å². The van der Waals surface area contributed by atoms with Crippen LogP contribution in [0.3, 0.4) is 0 Å². The molecule has 2 unspecified atom stereocenters. The van der Waals surface area contributed by atoms with E-state index in [1.165, 1.54) is 4.80 Å². The molecule has 17 heavy (non-hydrogen) atoms. The van der Waals surface area contributed by atoms with Crippen molar-refractivity contribution >= 4 is 0 Å². The minimum absolute atomic E-state index is 0.177. The Kier molecular flexibility index (Phi) is 5.02. The third-order valence-electron chi connectivity index (χ3n) is 3.20. The average molecular weight is 241 g/mol. The summed E-state index contributed by atoms with van der Waals surface area (Å²) in [6, 6.07) is 0.177. The smallest absolute Gasteiger partial charge is 0.176 e. The number of rotatable bonds is 7. The molecule has 6 nitrogen and oxygen atoms in total. The quantitative estimate of drug-likeness (QED) is 0.755. The van der Waals surface area contributed by atoms with Crippen LogP contribution < -0.4 is 5.32 Å². The topological polar surface area (TPSA) is 64.9 Å². The first-order chi connectivity index (χ1) is 8.05. The summed E-state index contributed by atoms with van der Waals surface area (Å²) in [6.07, 6.45) is 1.65. The molecule has 1 rings (SSSR count). The van der Waals surface area contributed by atoms with Crippen molar-refractivity contribution in [1.82, 2.24) is 25.5 Å². The van der Waals surface area contributed by atoms with E-state index in [2.05, 4.69) is 34.6 Å². The zero-order valence-electron chi connectivity index (χ0n) is 11.4. The van der Waals surface area contributed by atoms with Gasteiger partial charge in [-0.15, -0.1) is 10.2 Å². The first kappa shape index (κ1) is 14.1. The molecule has 0 radical (unpaired) electrons. The maximum absolute atomic E-state index is 5.87. The van der Waals surface area contributed by atoms with Crippen LogP contribution in [0.25, 0.3) is 0 Å². The summed E-state index contributed by atoms with van der Waals surface area (Å²) in [6.45, 7) is 6.97. The van der Waals surface area contributed by atoms with Gasteiger partial charge in [0.1, 0.15) is 0 Å². The molecule has 0 aromatic carbocycles. The van der Waals surface area contributed by atoms with Gasteiger partial charge < -0.3 is 10.1 Å². The van der Waals surface area contributed by atoms with E-state index in [-0.39, 0.29) is 11.6 Å². The van der Waals surface area contributed by atoms with Crippen molar-refractivity contribution in [3.8, 4) is 0 Å². The molecule has 6 heteroatoms. The molecular weight excluding hydrogens is 218 g/mol. The molecule has 0 saturated heterocycles. The molecule has 0 bridgehead atoms. The molecular formula is C11H23N5O. The summed E-state index contributed by atoms with van der Waals surface area (Å²) in [5, 5.41) is 15.4. The second kappa shape index (κ2) is 6.07. The Labute approximate surface area is 103 Å². The van der Waals surface area contributed by atoms with Crippen LogP contribution in [-0.2, 0) is 18.2 Å². The van der Waals surface area contributed by atoms with Crippen molar-refractivity contribution in [3.63, 3.8) is 0 Å². The molecule has 2 atom stereocenters. The van der Waals surface area contributed by atoms with Crippen LogP contribution in [0.4, 0.5) is 0 Å². The number of nitrogens with one attached hydrogen (secondary N) is 1. The lowest BCUT2D eigenvalue weighted by molar-refractivity contribution is -0.0538. The molecule has 1 aromatic rings. The number of hydrogen-bond acceptors (Lipinski definition) is 5. The molecule has 1 N–H and O–H groups in total. The van der Waals surface area contributed by atoms with Gasteiger partial charge in [-0.25, -0.2) is 0 Å². The molecule has 0 aliphatic carbocycles. The number of nitrogens with zero attached hydrogens (tertiary/aromatic N) is 4. The predicted octanol–water partition coefficient (Wildman–Crippen LogP) is 0.546. The molecule has 1 aromatic heterocycles. The standard InChI is InChI=1S/C11H23N5O/c1-6-11(3,17-7-2)9(12-4)8-10-13-15-16(5)14-10/h9,12H,6-8H2,1-5H3. The van der Waals surface area contributed by atoms with Crippen LogP contribution >= 0.6 is 0 Å². The monoisotopic (exact) mass is 241 g/mol. The van der Waals surface area contributed by atoms with Crippen LogP contribution in [0.1, 0.15) is 33.0 Å². The summed E-state index contributed by atoms with van der Waals surface area (Å²) in [5.41, 5.74) is -0.206. The van der Waals surface area contributed by atoms with Crippen LogP contribution in [0.15, 0.2) is 0 Å². The Morgan fingerprint density at radius 2 is 2.18 bits per heavy atom. The van der Waals surface area contributed by atoms with E-state index in [1.807, 2.05) is 14.0 Å². The van der Waals surface area contributed by atoms with Gasteiger partial charge in [0.25, 0.3) is 0 Å². The van der Waals surface area contributed by atoms with E-state index in [1.54, 1.807) is 7.05 Å². The molecule has 0 amide bonds. The van der Waals surface area contributed by atoms with Gasteiger partial charge in [-0.2, -0.15) is 4.80 Å². The van der Waals surface area contributed by atoms with Gasteiger partial charge in [0.2, 0.25) is 0 Å². The highest BCUT2D eigenvalue weighted by molar-refractivity contribution is 4.95. The fourth-order valence-corrected chi connectivity index (χ4v) is 1.99. The minimum atomic E-state index is -0.206. The lowest BCUT2D eigenvalue weighted by atomic mass is 9.90. The van der Waals surface area contributed by atoms with Crippen LogP contribution in [-0.4, -0.2) is 45.5 Å². The molecule has 0 spiro atoms. The van der Waals surface area contributed by atoms with Gasteiger partial charge in [-0.3, -0.25) is 0 Å². The first-order valence-electron chi connectivity index (χ1n) is 6.09. The van der Waals surface area contributed by atoms with Crippen molar-refractivity contribution in [3.05, 3.63) is 5.82 Å². The lowest BCUT2D eigenvalue weighted by Crippen LogP contribution is -2.50. The van der Waals surface area contributed by atoms with Crippen molar-refractivity contribution in [2.45, 2.75) is 45.3 Å². The molecule has 0 aliphatic rings. The zero-order chi connectivity index (χ0) is 12.9. The number of tetrazole rings is 1. The van der Waals surface area contributed by atoms with Crippen LogP contribution in [0, 0.1) is 0 Å². The Morgan fingerprint density at radius 1 is 1.47 bits per heavy atom. The maximum atomic E-state index is 5.87. The van der Waals surface area contributed by atoms with Crippen LogP contribution in [0.5, 0.6) is 0 Å². The van der Waals surface area contributed by atoms with E-state index in [0.29, 0.717) is 13.0 Å². The van der Waals surface area contributed by atoms with Gasteiger partial charge in [-0.1, -0.05) is 6.92 Å². The average Bonchev–Trinajstić information content (AvgIpc) is 2.72. The van der Waals surface area contributed by atoms with Gasteiger partial charge in [-0.05, 0) is 32.5 Å². The third-order valence-corrected chi connectivity index (χ3v) is 3.20. The molecule has 0 fully saturated rings. The Hall–Kier alpha value is -1.01. The summed E-state index contributed by atoms with van der Waals surface area (Å²) in [5.74, 6) is 0.742. The largest absolute Gasteiger partial charge is 0.374 e. The van der Waals surface area contributed by atoms with Crippen molar-refractivity contribution in [2.75, 3.05) is 13.7 Å². The predicted molar refractivity (Wildman–Crippen MR) is 65.7 cm³/mol. The van der Waals surface area contributed by atoms with Crippen molar-refractivity contribution < 1.29 is 4.74 Å². The van der Waals surface area contributed by atoms with Gasteiger partial charge >= 0.3 is 0 Å². The first-order valence-corrected chi connectivity index (χ1v) is 6.09. The SMILES string of the molecule is CCOC(C)(CC)C(Cc1nnn(C)n1)NC. The molecule has 1 heterocycles. The zero-order valence-corrected chi connectivity index (χ0v) is 11.4. The number of ether oxygens (including phenoxy) is 1. The minimum Gasteiger partial charge on any atom is -0.374 e. The number of hydrogen-bond donors (Lipinski definition) is 1. The summed E-state index contributed by atoms with van der Waals surface area (Å²) >= 11 is 0. The third kappa shape index (κ3) is 3.47. The fraction of sp³-hybridized carbons (Fsp3) is 0.909. The molecule has 0 saturated carbocycles. The van der Waals surface area contributed by atoms with E-state index < -0.39 is 0 Å². The highest BCUT2D eigenvalue weighted by atomic mass is 16.5. The second-order valence-electron chi connectivity index (χ2n) is 4.34. The number of aryl methyl sites for hydroxylation is 1. The van der Waals surface area contributed by atoms with E-state index in [9.17, 15) is 0 Å². The van der Waals surface area contributed by atoms with E-state index in [4.69, 9.17) is 4.74 Å². The van der Waals surface area contributed by atoms with Gasteiger partial charge in [0.05, 0.1) is 12.6 Å². The van der Waals surface area contributed by atoms with E-state index in [0.717, 1.165) is 12.2 Å². The Bertz CT molecular complexity index is 340. The van der Waals surface area contributed by atoms with E-state index >= 15 is 0 Å². The lowest BCUT2D eigenvalue weighted by Gasteiger charge is -2.36. The van der Waals surface area contributed by atoms with Gasteiger partial charge in [0.15, 0.2) is 5.82 Å². The molecule has 0 aliphatic heterocycles. The maximum Gasteiger partial charge on any atom is 0.176 e. The second-order valence-corrected chi connectivity index (χ2v) is 4.34. The van der Waals surface area contributed by atoms with Crippen molar-refractivity contribution in [2.24, 2.45) is 7.05 Å². The summed E-state index contributed by atoms with van der Waals surface area (Å²) in [4.78, 5) is 1.48. The van der Waals surface area contributed by atoms with Gasteiger partial charge in [0, 0.05) is 19.1 Å². The number of likely N-dealkylation sites (N-methyl/N-ethyl adjacent to an activating group) is 1. The highest BCUT2D eigenvalue weighted by Gasteiger charge is 2.33. The Morgan fingerprint density at radius 3 is 2.59 bits per heavy atom. The highest BCUT2D eigenvalue weighted by Crippen LogP contribution is 2.22. The summed E-state index contributed by atoms with van der Waals surface area (Å²) < 4.78 is 5.87. The Balaban J connectivity index is 2.75. The fourth-order valence-electron chi connectivity index (χ4n) is 1.99. The normalized spacial score (nSPS) is 16.8. The number of aromatic nitrogens is 4. The molecule has 98 valence electrons.